The zero-order chi connectivity index (χ0) is 15.3. The molecule has 0 unspecified atom stereocenters. The molecule has 0 heterocycles. The zero-order valence-corrected chi connectivity index (χ0v) is 13.0. The molecule has 3 rings (SSSR count). The van der Waals surface area contributed by atoms with Crippen LogP contribution in [-0.2, 0) is 4.75 Å². The van der Waals surface area contributed by atoms with E-state index in [-0.39, 0.29) is 0 Å². The van der Waals surface area contributed by atoms with Gasteiger partial charge in [0, 0.05) is 5.56 Å². The van der Waals surface area contributed by atoms with Gasteiger partial charge in [-0.1, -0.05) is 90.7 Å². The molecule has 0 saturated heterocycles. The smallest absolute Gasteiger partial charge is 0.124 e. The van der Waals surface area contributed by atoms with Gasteiger partial charge in [0.25, 0.3) is 0 Å². The van der Waals surface area contributed by atoms with Crippen molar-refractivity contribution in [3.05, 3.63) is 108 Å². The van der Waals surface area contributed by atoms with Crippen molar-refractivity contribution in [2.24, 2.45) is 0 Å². The Labute approximate surface area is 137 Å². The van der Waals surface area contributed by atoms with Gasteiger partial charge in [0.2, 0.25) is 0 Å². The molecule has 0 amide bonds. The molecule has 106 valence electrons. The standard InChI is InChI=1S/C21H16S/c22-21(19-12-6-2-7-13-19,20-14-8-3-9-15-20)17-16-18-10-4-1-5-11-18/h1-15,22H. The first-order valence-corrected chi connectivity index (χ1v) is 7.65. The monoisotopic (exact) mass is 300 g/mol. The van der Waals surface area contributed by atoms with Crippen LogP contribution in [0.2, 0.25) is 0 Å². The average molecular weight is 300 g/mol. The molecular weight excluding hydrogens is 284 g/mol. The quantitative estimate of drug-likeness (QED) is 0.504. The number of hydrogen-bond acceptors (Lipinski definition) is 1. The summed E-state index contributed by atoms with van der Waals surface area (Å²) in [4.78, 5) is 0. The highest BCUT2D eigenvalue weighted by atomic mass is 32.1. The van der Waals surface area contributed by atoms with Gasteiger partial charge < -0.3 is 0 Å². The molecule has 1 heteroatoms. The minimum Gasteiger partial charge on any atom is -0.150 e. The number of thiol groups is 1. The van der Waals surface area contributed by atoms with Crippen LogP contribution >= 0.6 is 12.6 Å². The first-order valence-electron chi connectivity index (χ1n) is 7.21. The summed E-state index contributed by atoms with van der Waals surface area (Å²) in [6.07, 6.45) is 0. The van der Waals surface area contributed by atoms with Crippen molar-refractivity contribution in [3.8, 4) is 11.8 Å². The van der Waals surface area contributed by atoms with Crippen LogP contribution in [0.3, 0.4) is 0 Å². The summed E-state index contributed by atoms with van der Waals surface area (Å²) in [6.45, 7) is 0. The SMILES string of the molecule is SC(C#Cc1ccccc1)(c1ccccc1)c1ccccc1. The Morgan fingerprint density at radius 3 is 1.45 bits per heavy atom. The Balaban J connectivity index is 2.11. The van der Waals surface area contributed by atoms with E-state index in [2.05, 4.69) is 36.1 Å². The number of hydrogen-bond donors (Lipinski definition) is 1. The third kappa shape index (κ3) is 3.08. The molecule has 0 N–H and O–H groups in total. The topological polar surface area (TPSA) is 0 Å². The van der Waals surface area contributed by atoms with Crippen molar-refractivity contribution in [2.45, 2.75) is 4.75 Å². The second kappa shape index (κ2) is 6.56. The molecule has 0 fully saturated rings. The second-order valence-electron chi connectivity index (χ2n) is 5.06. The van der Waals surface area contributed by atoms with Crippen molar-refractivity contribution >= 4 is 12.6 Å². The normalized spacial score (nSPS) is 10.6. The van der Waals surface area contributed by atoms with Crippen molar-refractivity contribution < 1.29 is 0 Å². The van der Waals surface area contributed by atoms with Gasteiger partial charge in [-0.2, -0.15) is 12.6 Å². The molecule has 0 aliphatic carbocycles. The fourth-order valence-corrected chi connectivity index (χ4v) is 2.71. The van der Waals surface area contributed by atoms with Gasteiger partial charge in [-0.25, -0.2) is 0 Å². The van der Waals surface area contributed by atoms with Crippen LogP contribution in [-0.4, -0.2) is 0 Å². The van der Waals surface area contributed by atoms with E-state index in [1.54, 1.807) is 0 Å². The summed E-state index contributed by atoms with van der Waals surface area (Å²) in [5.41, 5.74) is 3.15. The summed E-state index contributed by atoms with van der Waals surface area (Å²) in [5, 5.41) is 0. The van der Waals surface area contributed by atoms with E-state index in [0.717, 1.165) is 16.7 Å². The highest BCUT2D eigenvalue weighted by Gasteiger charge is 2.27. The van der Waals surface area contributed by atoms with E-state index in [9.17, 15) is 0 Å². The lowest BCUT2D eigenvalue weighted by atomic mass is 9.90. The van der Waals surface area contributed by atoms with Crippen molar-refractivity contribution in [1.29, 1.82) is 0 Å². The molecule has 0 spiro atoms. The molecular formula is C21H16S. The van der Waals surface area contributed by atoms with Gasteiger partial charge in [0.1, 0.15) is 4.75 Å². The zero-order valence-electron chi connectivity index (χ0n) is 12.1. The molecule has 22 heavy (non-hydrogen) atoms. The van der Waals surface area contributed by atoms with E-state index in [1.165, 1.54) is 0 Å². The van der Waals surface area contributed by atoms with E-state index in [0.29, 0.717) is 0 Å². The summed E-state index contributed by atoms with van der Waals surface area (Å²) in [5.74, 6) is 6.62. The minimum atomic E-state index is -0.627. The summed E-state index contributed by atoms with van der Waals surface area (Å²) >= 11 is 4.95. The Morgan fingerprint density at radius 2 is 1.00 bits per heavy atom. The molecule has 0 atom stereocenters. The van der Waals surface area contributed by atoms with Crippen molar-refractivity contribution in [3.63, 3.8) is 0 Å². The lowest BCUT2D eigenvalue weighted by molar-refractivity contribution is 0.986. The lowest BCUT2D eigenvalue weighted by Crippen LogP contribution is -2.18. The molecule has 3 aromatic rings. The highest BCUT2D eigenvalue weighted by molar-refractivity contribution is 7.81. The van der Waals surface area contributed by atoms with Gasteiger partial charge in [-0.3, -0.25) is 0 Å². The Bertz CT molecular complexity index is 741. The van der Waals surface area contributed by atoms with E-state index in [4.69, 9.17) is 12.6 Å². The predicted octanol–water partition coefficient (Wildman–Crippen LogP) is 4.91. The van der Waals surface area contributed by atoms with Crippen LogP contribution < -0.4 is 0 Å². The molecule has 0 bridgehead atoms. The molecule has 0 nitrogen and oxygen atoms in total. The molecule has 0 aliphatic heterocycles. The maximum absolute atomic E-state index is 4.95. The van der Waals surface area contributed by atoms with E-state index in [1.807, 2.05) is 66.7 Å². The summed E-state index contributed by atoms with van der Waals surface area (Å²) < 4.78 is -0.627. The van der Waals surface area contributed by atoms with Gasteiger partial charge in [-0.15, -0.1) is 0 Å². The average Bonchev–Trinajstić information content (AvgIpc) is 2.62. The summed E-state index contributed by atoms with van der Waals surface area (Å²) in [7, 11) is 0. The summed E-state index contributed by atoms with van der Waals surface area (Å²) in [6, 6.07) is 30.4. The van der Waals surface area contributed by atoms with Crippen LogP contribution in [0.4, 0.5) is 0 Å². The Kier molecular flexibility index (Phi) is 4.32. The fourth-order valence-electron chi connectivity index (χ4n) is 2.35. The molecule has 0 aliphatic rings. The van der Waals surface area contributed by atoms with Gasteiger partial charge in [0.05, 0.1) is 0 Å². The highest BCUT2D eigenvalue weighted by Crippen LogP contribution is 2.35. The van der Waals surface area contributed by atoms with Crippen LogP contribution in [0.5, 0.6) is 0 Å². The van der Waals surface area contributed by atoms with Crippen molar-refractivity contribution in [2.75, 3.05) is 0 Å². The van der Waals surface area contributed by atoms with Crippen LogP contribution in [0.1, 0.15) is 16.7 Å². The van der Waals surface area contributed by atoms with E-state index >= 15 is 0 Å². The first-order chi connectivity index (χ1) is 10.8. The molecule has 3 aromatic carbocycles. The van der Waals surface area contributed by atoms with Gasteiger partial charge >= 0.3 is 0 Å². The third-order valence-electron chi connectivity index (χ3n) is 3.54. The van der Waals surface area contributed by atoms with Gasteiger partial charge in [-0.05, 0) is 23.3 Å². The molecule has 0 radical (unpaired) electrons. The number of benzene rings is 3. The predicted molar refractivity (Wildman–Crippen MR) is 96.0 cm³/mol. The largest absolute Gasteiger partial charge is 0.150 e. The maximum Gasteiger partial charge on any atom is 0.124 e. The molecule has 0 aromatic heterocycles. The van der Waals surface area contributed by atoms with Crippen LogP contribution in [0.25, 0.3) is 0 Å². The van der Waals surface area contributed by atoms with Crippen LogP contribution in [0.15, 0.2) is 91.0 Å². The second-order valence-corrected chi connectivity index (χ2v) is 5.73. The molecule has 0 saturated carbocycles. The third-order valence-corrected chi connectivity index (χ3v) is 4.17. The Morgan fingerprint density at radius 1 is 0.591 bits per heavy atom. The Hall–Kier alpha value is -2.43. The number of rotatable bonds is 2. The maximum atomic E-state index is 4.95. The van der Waals surface area contributed by atoms with Crippen molar-refractivity contribution in [1.82, 2.24) is 0 Å². The fraction of sp³-hybridized carbons (Fsp3) is 0.0476. The van der Waals surface area contributed by atoms with Crippen LogP contribution in [0, 0.1) is 11.8 Å². The van der Waals surface area contributed by atoms with Gasteiger partial charge in [0.15, 0.2) is 0 Å². The lowest BCUT2D eigenvalue weighted by Gasteiger charge is -2.24. The van der Waals surface area contributed by atoms with E-state index < -0.39 is 4.75 Å². The first kappa shape index (κ1) is 14.5. The minimum absolute atomic E-state index is 0.627.